The van der Waals surface area contributed by atoms with E-state index in [-0.39, 0.29) is 4.90 Å². The van der Waals surface area contributed by atoms with Crippen LogP contribution in [0.5, 0.6) is 0 Å². The van der Waals surface area contributed by atoms with Gasteiger partial charge in [-0.05, 0) is 12.1 Å². The van der Waals surface area contributed by atoms with E-state index in [0.29, 0.717) is 18.9 Å². The number of sulfonamides is 1. The van der Waals surface area contributed by atoms with Crippen molar-refractivity contribution in [2.24, 2.45) is 5.73 Å². The molecule has 0 aliphatic carbocycles. The van der Waals surface area contributed by atoms with Crippen LogP contribution >= 0.6 is 0 Å². The van der Waals surface area contributed by atoms with E-state index in [1.165, 1.54) is 26.4 Å². The van der Waals surface area contributed by atoms with Crippen molar-refractivity contribution >= 4 is 15.8 Å². The standard InChI is InChI=1S/C11H18N4O2S/c1-15(2)18(16,17)10-5-6-11(14-9-10)13-8-4-3-7-12/h3-6,9H,7-8,12H2,1-2H3,(H,13,14)/b4-3+. The van der Waals surface area contributed by atoms with Crippen molar-refractivity contribution in [2.75, 3.05) is 32.5 Å². The van der Waals surface area contributed by atoms with Crippen LogP contribution in [-0.4, -0.2) is 44.9 Å². The average molecular weight is 270 g/mol. The quantitative estimate of drug-likeness (QED) is 0.724. The van der Waals surface area contributed by atoms with Crippen molar-refractivity contribution in [1.29, 1.82) is 0 Å². The third-order valence-corrected chi connectivity index (χ3v) is 4.02. The fraction of sp³-hybridized carbons (Fsp3) is 0.364. The largest absolute Gasteiger partial charge is 0.367 e. The van der Waals surface area contributed by atoms with Gasteiger partial charge < -0.3 is 11.1 Å². The Bertz CT molecular complexity index is 494. The summed E-state index contributed by atoms with van der Waals surface area (Å²) in [5.74, 6) is 0.620. The molecular formula is C11H18N4O2S. The second kappa shape index (κ2) is 6.48. The van der Waals surface area contributed by atoms with Crippen molar-refractivity contribution in [2.45, 2.75) is 4.90 Å². The predicted octanol–water partition coefficient (Wildman–Crippen LogP) is 0.259. The molecule has 3 N–H and O–H groups in total. The molecule has 0 amide bonds. The van der Waals surface area contributed by atoms with Gasteiger partial charge in [-0.15, -0.1) is 0 Å². The Morgan fingerprint density at radius 3 is 2.61 bits per heavy atom. The minimum atomic E-state index is -3.41. The van der Waals surface area contributed by atoms with E-state index in [9.17, 15) is 8.42 Å². The number of nitrogens with two attached hydrogens (primary N) is 1. The molecule has 1 rings (SSSR count). The minimum Gasteiger partial charge on any atom is -0.367 e. The summed E-state index contributed by atoms with van der Waals surface area (Å²) in [4.78, 5) is 4.22. The Balaban J connectivity index is 2.72. The van der Waals surface area contributed by atoms with Crippen LogP contribution in [0, 0.1) is 0 Å². The lowest BCUT2D eigenvalue weighted by Gasteiger charge is -2.11. The first kappa shape index (κ1) is 14.6. The van der Waals surface area contributed by atoms with E-state index in [1.807, 2.05) is 12.2 Å². The molecule has 7 heteroatoms. The first-order valence-corrected chi connectivity index (χ1v) is 6.90. The molecule has 0 aliphatic heterocycles. The van der Waals surface area contributed by atoms with Crippen LogP contribution in [0.2, 0.25) is 0 Å². The summed E-state index contributed by atoms with van der Waals surface area (Å²) < 4.78 is 24.7. The van der Waals surface area contributed by atoms with Gasteiger partial charge >= 0.3 is 0 Å². The Kier molecular flexibility index (Phi) is 5.26. The average Bonchev–Trinajstić information content (AvgIpc) is 2.35. The highest BCUT2D eigenvalue weighted by molar-refractivity contribution is 7.89. The number of aromatic nitrogens is 1. The molecule has 0 spiro atoms. The van der Waals surface area contributed by atoms with E-state index in [4.69, 9.17) is 5.73 Å². The molecule has 0 aromatic carbocycles. The molecule has 1 aromatic rings. The summed E-state index contributed by atoms with van der Waals surface area (Å²) in [7, 11) is -0.440. The number of pyridine rings is 1. The Hall–Kier alpha value is -1.44. The molecule has 1 aromatic heterocycles. The van der Waals surface area contributed by atoms with E-state index in [0.717, 1.165) is 4.31 Å². The van der Waals surface area contributed by atoms with Gasteiger partial charge in [-0.1, -0.05) is 12.2 Å². The molecule has 1 heterocycles. The van der Waals surface area contributed by atoms with Crippen molar-refractivity contribution in [3.8, 4) is 0 Å². The van der Waals surface area contributed by atoms with Crippen LogP contribution in [0.15, 0.2) is 35.4 Å². The first-order valence-electron chi connectivity index (χ1n) is 5.46. The fourth-order valence-corrected chi connectivity index (χ4v) is 2.04. The van der Waals surface area contributed by atoms with Crippen molar-refractivity contribution in [1.82, 2.24) is 9.29 Å². The molecule has 0 atom stereocenters. The topological polar surface area (TPSA) is 88.3 Å². The maximum absolute atomic E-state index is 11.8. The fourth-order valence-electron chi connectivity index (χ4n) is 1.19. The normalized spacial score (nSPS) is 12.2. The summed E-state index contributed by atoms with van der Waals surface area (Å²) in [6.45, 7) is 1.10. The number of anilines is 1. The van der Waals surface area contributed by atoms with Crippen LogP contribution in [-0.2, 0) is 10.0 Å². The van der Waals surface area contributed by atoms with E-state index < -0.39 is 10.0 Å². The number of rotatable bonds is 6. The Morgan fingerprint density at radius 1 is 1.39 bits per heavy atom. The lowest BCUT2D eigenvalue weighted by molar-refractivity contribution is 0.520. The highest BCUT2D eigenvalue weighted by atomic mass is 32.2. The van der Waals surface area contributed by atoms with E-state index in [1.54, 1.807) is 6.07 Å². The molecule has 0 bridgehead atoms. The summed E-state index contributed by atoms with van der Waals surface area (Å²) in [6.07, 6.45) is 5.05. The summed E-state index contributed by atoms with van der Waals surface area (Å²) in [5, 5.41) is 3.03. The molecule has 100 valence electrons. The van der Waals surface area contributed by atoms with Crippen molar-refractivity contribution in [3.63, 3.8) is 0 Å². The molecule has 0 saturated heterocycles. The second-order valence-corrected chi connectivity index (χ2v) is 5.91. The first-order chi connectivity index (χ1) is 8.48. The van der Waals surface area contributed by atoms with Gasteiger partial charge in [0.2, 0.25) is 10.0 Å². The highest BCUT2D eigenvalue weighted by Crippen LogP contribution is 2.13. The Labute approximate surface area is 108 Å². The minimum absolute atomic E-state index is 0.176. The zero-order chi connectivity index (χ0) is 13.6. The summed E-state index contributed by atoms with van der Waals surface area (Å²) >= 11 is 0. The van der Waals surface area contributed by atoms with Gasteiger partial charge in [0, 0.05) is 33.4 Å². The number of nitrogens with zero attached hydrogens (tertiary/aromatic N) is 2. The van der Waals surface area contributed by atoms with Gasteiger partial charge in [0.05, 0.1) is 0 Å². The van der Waals surface area contributed by atoms with Crippen LogP contribution in [0.3, 0.4) is 0 Å². The van der Waals surface area contributed by atoms with Crippen LogP contribution in [0.1, 0.15) is 0 Å². The van der Waals surface area contributed by atoms with Gasteiger partial charge in [0.25, 0.3) is 0 Å². The molecule has 0 radical (unpaired) electrons. The molecule has 0 unspecified atom stereocenters. The zero-order valence-corrected chi connectivity index (χ0v) is 11.3. The van der Waals surface area contributed by atoms with Crippen LogP contribution in [0.25, 0.3) is 0 Å². The monoisotopic (exact) mass is 270 g/mol. The van der Waals surface area contributed by atoms with Gasteiger partial charge in [0.1, 0.15) is 10.7 Å². The molecule has 6 nitrogen and oxygen atoms in total. The van der Waals surface area contributed by atoms with Gasteiger partial charge in [-0.25, -0.2) is 17.7 Å². The molecule has 0 fully saturated rings. The van der Waals surface area contributed by atoms with Crippen LogP contribution < -0.4 is 11.1 Å². The molecule has 18 heavy (non-hydrogen) atoms. The SMILES string of the molecule is CN(C)S(=O)(=O)c1ccc(NC/C=C/CN)nc1. The number of hydrogen-bond donors (Lipinski definition) is 2. The smallest absolute Gasteiger partial charge is 0.244 e. The van der Waals surface area contributed by atoms with Gasteiger partial charge in [-0.2, -0.15) is 0 Å². The maximum atomic E-state index is 11.8. The summed E-state index contributed by atoms with van der Waals surface area (Å²) in [6, 6.07) is 3.16. The number of hydrogen-bond acceptors (Lipinski definition) is 5. The highest BCUT2D eigenvalue weighted by Gasteiger charge is 2.16. The predicted molar refractivity (Wildman–Crippen MR) is 71.8 cm³/mol. The molecule has 0 aliphatic rings. The summed E-state index contributed by atoms with van der Waals surface area (Å²) in [5.41, 5.74) is 5.30. The van der Waals surface area contributed by atoms with E-state index >= 15 is 0 Å². The zero-order valence-electron chi connectivity index (χ0n) is 10.5. The van der Waals surface area contributed by atoms with E-state index in [2.05, 4.69) is 10.3 Å². The Morgan fingerprint density at radius 2 is 2.11 bits per heavy atom. The van der Waals surface area contributed by atoms with Crippen molar-refractivity contribution in [3.05, 3.63) is 30.5 Å². The lowest BCUT2D eigenvalue weighted by Crippen LogP contribution is -2.22. The lowest BCUT2D eigenvalue weighted by atomic mass is 10.4. The van der Waals surface area contributed by atoms with Gasteiger partial charge in [0.15, 0.2) is 0 Å². The molecular weight excluding hydrogens is 252 g/mol. The van der Waals surface area contributed by atoms with Crippen molar-refractivity contribution < 1.29 is 8.42 Å². The maximum Gasteiger partial charge on any atom is 0.244 e. The number of nitrogens with one attached hydrogen (secondary N) is 1. The van der Waals surface area contributed by atoms with Crippen LogP contribution in [0.4, 0.5) is 5.82 Å². The van der Waals surface area contributed by atoms with Gasteiger partial charge in [-0.3, -0.25) is 0 Å². The third-order valence-electron chi connectivity index (χ3n) is 2.22. The second-order valence-electron chi connectivity index (χ2n) is 3.75. The third kappa shape index (κ3) is 3.80. The molecule has 0 saturated carbocycles.